The Morgan fingerprint density at radius 2 is 2.21 bits per heavy atom. The predicted octanol–water partition coefficient (Wildman–Crippen LogP) is 3.07. The van der Waals surface area contributed by atoms with Crippen molar-refractivity contribution in [2.75, 3.05) is 7.11 Å². The van der Waals surface area contributed by atoms with E-state index in [0.717, 1.165) is 0 Å². The summed E-state index contributed by atoms with van der Waals surface area (Å²) >= 11 is 14.8. The molecule has 0 N–H and O–H groups in total. The molecule has 14 heavy (non-hydrogen) atoms. The molecule has 0 amide bonds. The lowest BCUT2D eigenvalue weighted by molar-refractivity contribution is 0.0594. The number of halogens is 3. The molecule has 1 rings (SSSR count). The summed E-state index contributed by atoms with van der Waals surface area (Å²) in [5, 5.41) is 1.05. The van der Waals surface area contributed by atoms with Gasteiger partial charge >= 0.3 is 5.97 Å². The maximum Gasteiger partial charge on any atom is 0.358 e. The van der Waals surface area contributed by atoms with E-state index >= 15 is 0 Å². The van der Waals surface area contributed by atoms with Gasteiger partial charge in [-0.15, -0.1) is 0 Å². The first-order chi connectivity index (χ1) is 6.60. The molecular weight excluding hydrogens is 293 g/mol. The van der Waals surface area contributed by atoms with Crippen LogP contribution in [0.5, 0.6) is 0 Å². The Labute approximate surface area is 99.5 Å². The maximum atomic E-state index is 11.2. The van der Waals surface area contributed by atoms with Gasteiger partial charge in [0.2, 0.25) is 0 Å². The predicted molar refractivity (Wildman–Crippen MR) is 58.2 cm³/mol. The molecule has 0 saturated heterocycles. The fourth-order valence-corrected chi connectivity index (χ4v) is 1.93. The van der Waals surface area contributed by atoms with Gasteiger partial charge in [-0.1, -0.05) is 39.1 Å². The SMILES string of the molecule is COC(=O)c1nc(CBr)c(Cl)cc1Cl. The molecule has 0 spiro atoms. The lowest BCUT2D eigenvalue weighted by Gasteiger charge is -2.05. The molecule has 0 aliphatic heterocycles. The molecular formula is C8H6BrCl2NO2. The summed E-state index contributed by atoms with van der Waals surface area (Å²) in [6.07, 6.45) is 0. The van der Waals surface area contributed by atoms with E-state index in [1.165, 1.54) is 13.2 Å². The monoisotopic (exact) mass is 297 g/mol. The summed E-state index contributed by atoms with van der Waals surface area (Å²) in [5.74, 6) is -0.575. The fraction of sp³-hybridized carbons (Fsp3) is 0.250. The van der Waals surface area contributed by atoms with Crippen LogP contribution in [0, 0.1) is 0 Å². The van der Waals surface area contributed by atoms with Crippen molar-refractivity contribution in [1.82, 2.24) is 4.98 Å². The van der Waals surface area contributed by atoms with Gasteiger partial charge in [0, 0.05) is 5.33 Å². The summed E-state index contributed by atoms with van der Waals surface area (Å²) < 4.78 is 4.51. The molecule has 1 heterocycles. The minimum atomic E-state index is -0.575. The Bertz CT molecular complexity index is 371. The van der Waals surface area contributed by atoms with Gasteiger partial charge in [0.1, 0.15) is 0 Å². The van der Waals surface area contributed by atoms with E-state index in [4.69, 9.17) is 23.2 Å². The van der Waals surface area contributed by atoms with Gasteiger partial charge in [0.05, 0.1) is 22.8 Å². The minimum Gasteiger partial charge on any atom is -0.464 e. The largest absolute Gasteiger partial charge is 0.464 e. The van der Waals surface area contributed by atoms with Crippen molar-refractivity contribution < 1.29 is 9.53 Å². The maximum absolute atomic E-state index is 11.2. The number of carbonyl (C=O) groups excluding carboxylic acids is 1. The van der Waals surface area contributed by atoms with Gasteiger partial charge in [-0.25, -0.2) is 9.78 Å². The summed E-state index contributed by atoms with van der Waals surface area (Å²) in [6, 6.07) is 1.47. The molecule has 3 nitrogen and oxygen atoms in total. The number of nitrogens with zero attached hydrogens (tertiary/aromatic N) is 1. The first kappa shape index (κ1) is 11.8. The zero-order chi connectivity index (χ0) is 10.7. The molecule has 0 aromatic carbocycles. The molecule has 6 heteroatoms. The third-order valence-electron chi connectivity index (χ3n) is 1.51. The smallest absolute Gasteiger partial charge is 0.358 e. The summed E-state index contributed by atoms with van der Waals surface area (Å²) in [4.78, 5) is 15.2. The van der Waals surface area contributed by atoms with E-state index in [0.29, 0.717) is 16.0 Å². The molecule has 0 unspecified atom stereocenters. The molecule has 0 aliphatic carbocycles. The van der Waals surface area contributed by atoms with Crippen molar-refractivity contribution in [3.05, 3.63) is 27.5 Å². The number of ether oxygens (including phenoxy) is 1. The number of esters is 1. The van der Waals surface area contributed by atoms with Crippen LogP contribution in [0.25, 0.3) is 0 Å². The van der Waals surface area contributed by atoms with Gasteiger partial charge in [0.15, 0.2) is 5.69 Å². The number of alkyl halides is 1. The van der Waals surface area contributed by atoms with E-state index in [1.807, 2.05) is 0 Å². The molecule has 0 bridgehead atoms. The average molecular weight is 299 g/mol. The average Bonchev–Trinajstić information content (AvgIpc) is 2.17. The molecule has 76 valence electrons. The van der Waals surface area contributed by atoms with E-state index in [9.17, 15) is 4.79 Å². The number of hydrogen-bond donors (Lipinski definition) is 0. The molecule has 1 aromatic rings. The second kappa shape index (κ2) is 4.96. The first-order valence-corrected chi connectivity index (χ1v) is 5.47. The van der Waals surface area contributed by atoms with Crippen molar-refractivity contribution >= 4 is 45.1 Å². The standard InChI is InChI=1S/C8H6BrCl2NO2/c1-14-8(13)7-5(11)2-4(10)6(3-9)12-7/h2H,3H2,1H3. The van der Waals surface area contributed by atoms with Crippen molar-refractivity contribution in [2.24, 2.45) is 0 Å². The zero-order valence-corrected chi connectivity index (χ0v) is 10.3. The lowest BCUT2D eigenvalue weighted by Crippen LogP contribution is -2.07. The van der Waals surface area contributed by atoms with Crippen LogP contribution in [0.3, 0.4) is 0 Å². The molecule has 0 aliphatic rings. The van der Waals surface area contributed by atoms with Crippen LogP contribution in [0.2, 0.25) is 10.0 Å². The number of carbonyl (C=O) groups is 1. The molecule has 0 atom stereocenters. The highest BCUT2D eigenvalue weighted by molar-refractivity contribution is 9.08. The van der Waals surface area contributed by atoms with E-state index < -0.39 is 5.97 Å². The highest BCUT2D eigenvalue weighted by Gasteiger charge is 2.15. The summed E-state index contributed by atoms with van der Waals surface area (Å²) in [7, 11) is 1.27. The third kappa shape index (κ3) is 2.38. The molecule has 0 radical (unpaired) electrons. The van der Waals surface area contributed by atoms with Gasteiger partial charge in [-0.2, -0.15) is 0 Å². The third-order valence-corrected chi connectivity index (χ3v) is 2.65. The van der Waals surface area contributed by atoms with E-state index in [-0.39, 0.29) is 10.7 Å². The van der Waals surface area contributed by atoms with Crippen LogP contribution in [0.15, 0.2) is 6.07 Å². The number of methoxy groups -OCH3 is 1. The topological polar surface area (TPSA) is 39.2 Å². The van der Waals surface area contributed by atoms with Gasteiger partial charge in [0.25, 0.3) is 0 Å². The second-order valence-electron chi connectivity index (χ2n) is 2.37. The van der Waals surface area contributed by atoms with Crippen LogP contribution in [-0.4, -0.2) is 18.1 Å². The Kier molecular flexibility index (Phi) is 4.16. The first-order valence-electron chi connectivity index (χ1n) is 3.59. The van der Waals surface area contributed by atoms with Crippen LogP contribution in [0.4, 0.5) is 0 Å². The Morgan fingerprint density at radius 1 is 1.57 bits per heavy atom. The summed E-state index contributed by atoms with van der Waals surface area (Å²) in [5.41, 5.74) is 0.629. The Morgan fingerprint density at radius 3 is 2.71 bits per heavy atom. The Balaban J connectivity index is 3.24. The molecule has 0 saturated carbocycles. The lowest BCUT2D eigenvalue weighted by atomic mass is 10.3. The summed E-state index contributed by atoms with van der Waals surface area (Å²) in [6.45, 7) is 0. The van der Waals surface area contributed by atoms with Crippen LogP contribution in [-0.2, 0) is 10.1 Å². The van der Waals surface area contributed by atoms with Crippen molar-refractivity contribution in [3.63, 3.8) is 0 Å². The van der Waals surface area contributed by atoms with Crippen molar-refractivity contribution in [2.45, 2.75) is 5.33 Å². The normalized spacial score (nSPS) is 10.0. The second-order valence-corrected chi connectivity index (χ2v) is 3.75. The van der Waals surface area contributed by atoms with Crippen LogP contribution in [0.1, 0.15) is 16.2 Å². The zero-order valence-electron chi connectivity index (χ0n) is 7.18. The quantitative estimate of drug-likeness (QED) is 0.622. The van der Waals surface area contributed by atoms with Gasteiger partial charge in [-0.05, 0) is 6.07 Å². The number of pyridine rings is 1. The van der Waals surface area contributed by atoms with Crippen molar-refractivity contribution in [1.29, 1.82) is 0 Å². The van der Waals surface area contributed by atoms with Crippen molar-refractivity contribution in [3.8, 4) is 0 Å². The molecule has 1 aromatic heterocycles. The molecule has 0 fully saturated rings. The van der Waals surface area contributed by atoms with E-state index in [1.54, 1.807) is 0 Å². The number of hydrogen-bond acceptors (Lipinski definition) is 3. The number of aromatic nitrogens is 1. The number of rotatable bonds is 2. The minimum absolute atomic E-state index is 0.0769. The van der Waals surface area contributed by atoms with Gasteiger partial charge < -0.3 is 4.74 Å². The Hall–Kier alpha value is -0.320. The fourth-order valence-electron chi connectivity index (χ4n) is 0.838. The van der Waals surface area contributed by atoms with Gasteiger partial charge in [-0.3, -0.25) is 0 Å². The van der Waals surface area contributed by atoms with Crippen LogP contribution < -0.4 is 0 Å². The highest BCUT2D eigenvalue weighted by atomic mass is 79.9. The van der Waals surface area contributed by atoms with Crippen LogP contribution >= 0.6 is 39.1 Å². The highest BCUT2D eigenvalue weighted by Crippen LogP contribution is 2.24. The van der Waals surface area contributed by atoms with E-state index in [2.05, 4.69) is 25.7 Å².